The minimum atomic E-state index is -0.585. The van der Waals surface area contributed by atoms with Gasteiger partial charge in [-0.2, -0.15) is 0 Å². The summed E-state index contributed by atoms with van der Waals surface area (Å²) < 4.78 is 5.54. The Bertz CT molecular complexity index is 433. The lowest BCUT2D eigenvalue weighted by Gasteiger charge is -2.29. The average molecular weight is 248 g/mol. The number of para-hydroxylation sites is 1. The molecule has 0 bridgehead atoms. The van der Waals surface area contributed by atoms with E-state index < -0.39 is 6.10 Å². The molecule has 0 spiro atoms. The van der Waals surface area contributed by atoms with Crippen molar-refractivity contribution in [3.63, 3.8) is 0 Å². The van der Waals surface area contributed by atoms with Crippen LogP contribution >= 0.6 is 0 Å². The molecule has 1 fully saturated rings. The monoisotopic (exact) mass is 248 g/mol. The van der Waals surface area contributed by atoms with Crippen LogP contribution in [0.15, 0.2) is 30.3 Å². The van der Waals surface area contributed by atoms with Gasteiger partial charge in [0.05, 0.1) is 6.54 Å². The maximum Gasteiger partial charge on any atom is 0.263 e. The summed E-state index contributed by atoms with van der Waals surface area (Å²) in [5, 5.41) is 2.68. The van der Waals surface area contributed by atoms with Crippen LogP contribution in [0, 0.1) is 0 Å². The minimum Gasteiger partial charge on any atom is -0.481 e. The van der Waals surface area contributed by atoms with E-state index in [-0.39, 0.29) is 18.4 Å². The smallest absolute Gasteiger partial charge is 0.263 e. The molecule has 0 aliphatic carbocycles. The molecule has 0 aromatic heterocycles. The van der Waals surface area contributed by atoms with Crippen molar-refractivity contribution in [3.05, 3.63) is 30.3 Å². The fourth-order valence-corrected chi connectivity index (χ4v) is 1.84. The highest BCUT2D eigenvalue weighted by atomic mass is 16.5. The first-order valence-corrected chi connectivity index (χ1v) is 5.94. The molecular formula is C13H16N2O3. The van der Waals surface area contributed by atoms with E-state index in [1.807, 2.05) is 18.2 Å². The molecule has 5 nitrogen and oxygen atoms in total. The number of nitrogens with zero attached hydrogens (tertiary/aromatic N) is 1. The number of rotatable bonds is 3. The van der Waals surface area contributed by atoms with E-state index in [1.165, 1.54) is 4.90 Å². The third-order valence-corrected chi connectivity index (χ3v) is 2.75. The Labute approximate surface area is 106 Å². The zero-order valence-electron chi connectivity index (χ0n) is 10.3. The van der Waals surface area contributed by atoms with Crippen molar-refractivity contribution in [2.75, 3.05) is 19.6 Å². The first kappa shape index (κ1) is 12.4. The summed E-state index contributed by atoms with van der Waals surface area (Å²) in [4.78, 5) is 24.8. The summed E-state index contributed by atoms with van der Waals surface area (Å²) in [5.74, 6) is 0.370. The molecule has 2 rings (SSSR count). The molecule has 1 aliphatic rings. The SMILES string of the molecule is C[C@H](Oc1ccccc1)C(=O)N1CCNC(=O)C1. The van der Waals surface area contributed by atoms with Gasteiger partial charge in [0, 0.05) is 13.1 Å². The number of ether oxygens (including phenoxy) is 1. The van der Waals surface area contributed by atoms with E-state index in [0.717, 1.165) is 0 Å². The van der Waals surface area contributed by atoms with Gasteiger partial charge in [-0.05, 0) is 19.1 Å². The van der Waals surface area contributed by atoms with E-state index in [2.05, 4.69) is 5.32 Å². The van der Waals surface area contributed by atoms with Crippen LogP contribution in [0.2, 0.25) is 0 Å². The number of nitrogens with one attached hydrogen (secondary N) is 1. The number of hydrogen-bond donors (Lipinski definition) is 1. The van der Waals surface area contributed by atoms with Crippen LogP contribution in [0.4, 0.5) is 0 Å². The van der Waals surface area contributed by atoms with Gasteiger partial charge in [0.2, 0.25) is 5.91 Å². The lowest BCUT2D eigenvalue weighted by atomic mass is 10.2. The Balaban J connectivity index is 1.94. The van der Waals surface area contributed by atoms with Crippen molar-refractivity contribution >= 4 is 11.8 Å². The third-order valence-electron chi connectivity index (χ3n) is 2.75. The minimum absolute atomic E-state index is 0.112. The van der Waals surface area contributed by atoms with Crippen molar-refractivity contribution in [1.82, 2.24) is 10.2 Å². The molecule has 0 saturated carbocycles. The van der Waals surface area contributed by atoms with Crippen LogP contribution in [-0.4, -0.2) is 42.5 Å². The Morgan fingerprint density at radius 2 is 2.11 bits per heavy atom. The normalized spacial score (nSPS) is 16.9. The van der Waals surface area contributed by atoms with Gasteiger partial charge in [-0.1, -0.05) is 18.2 Å². The van der Waals surface area contributed by atoms with Crippen molar-refractivity contribution in [3.8, 4) is 5.75 Å². The molecule has 1 aromatic carbocycles. The van der Waals surface area contributed by atoms with E-state index in [1.54, 1.807) is 19.1 Å². The number of hydrogen-bond acceptors (Lipinski definition) is 3. The Morgan fingerprint density at radius 1 is 1.39 bits per heavy atom. The number of carbonyl (C=O) groups excluding carboxylic acids is 2. The van der Waals surface area contributed by atoms with Crippen LogP contribution in [0.25, 0.3) is 0 Å². The summed E-state index contributed by atoms with van der Waals surface area (Å²) >= 11 is 0. The average Bonchev–Trinajstić information content (AvgIpc) is 2.39. The fourth-order valence-electron chi connectivity index (χ4n) is 1.84. The lowest BCUT2D eigenvalue weighted by Crippen LogP contribution is -2.53. The molecule has 96 valence electrons. The van der Waals surface area contributed by atoms with Gasteiger partial charge in [-0.3, -0.25) is 9.59 Å². The fraction of sp³-hybridized carbons (Fsp3) is 0.385. The van der Waals surface area contributed by atoms with Gasteiger partial charge in [0.1, 0.15) is 5.75 Å². The van der Waals surface area contributed by atoms with E-state index in [4.69, 9.17) is 4.74 Å². The van der Waals surface area contributed by atoms with Crippen LogP contribution in [0.3, 0.4) is 0 Å². The van der Waals surface area contributed by atoms with Crippen molar-refractivity contribution < 1.29 is 14.3 Å². The van der Waals surface area contributed by atoms with Gasteiger partial charge in [0.15, 0.2) is 6.10 Å². The summed E-state index contributed by atoms with van der Waals surface area (Å²) in [6, 6.07) is 9.18. The molecule has 1 aliphatic heterocycles. The topological polar surface area (TPSA) is 58.6 Å². The van der Waals surface area contributed by atoms with Gasteiger partial charge in [-0.25, -0.2) is 0 Å². The largest absolute Gasteiger partial charge is 0.481 e. The third kappa shape index (κ3) is 3.00. The summed E-state index contributed by atoms with van der Waals surface area (Å²) in [6.07, 6.45) is -0.585. The summed E-state index contributed by atoms with van der Waals surface area (Å²) in [6.45, 7) is 2.85. The first-order chi connectivity index (χ1) is 8.66. The van der Waals surface area contributed by atoms with Crippen LogP contribution < -0.4 is 10.1 Å². The zero-order valence-corrected chi connectivity index (χ0v) is 10.3. The van der Waals surface area contributed by atoms with Gasteiger partial charge in [0.25, 0.3) is 5.91 Å². The molecule has 0 unspecified atom stereocenters. The standard InChI is InChI=1S/C13H16N2O3/c1-10(18-11-5-3-2-4-6-11)13(17)15-8-7-14-12(16)9-15/h2-6,10H,7-9H2,1H3,(H,14,16)/t10-/m0/s1. The maximum atomic E-state index is 12.1. The molecule has 1 aromatic rings. The number of piperazine rings is 1. The molecule has 0 radical (unpaired) electrons. The summed E-state index contributed by atoms with van der Waals surface area (Å²) in [5.41, 5.74) is 0. The molecule has 1 N–H and O–H groups in total. The molecule has 18 heavy (non-hydrogen) atoms. The van der Waals surface area contributed by atoms with E-state index in [0.29, 0.717) is 18.8 Å². The lowest BCUT2D eigenvalue weighted by molar-refractivity contribution is -0.143. The molecule has 1 atom stereocenters. The molecule has 1 saturated heterocycles. The van der Waals surface area contributed by atoms with Crippen molar-refractivity contribution in [2.24, 2.45) is 0 Å². The Hall–Kier alpha value is -2.04. The maximum absolute atomic E-state index is 12.1. The van der Waals surface area contributed by atoms with E-state index >= 15 is 0 Å². The highest BCUT2D eigenvalue weighted by Gasteiger charge is 2.26. The Kier molecular flexibility index (Phi) is 3.82. The quantitative estimate of drug-likeness (QED) is 0.843. The predicted molar refractivity (Wildman–Crippen MR) is 66.1 cm³/mol. The second-order valence-corrected chi connectivity index (χ2v) is 4.18. The zero-order chi connectivity index (χ0) is 13.0. The van der Waals surface area contributed by atoms with Gasteiger partial charge >= 0.3 is 0 Å². The number of carbonyl (C=O) groups is 2. The van der Waals surface area contributed by atoms with Crippen molar-refractivity contribution in [2.45, 2.75) is 13.0 Å². The molecule has 1 heterocycles. The highest BCUT2D eigenvalue weighted by Crippen LogP contribution is 2.12. The van der Waals surface area contributed by atoms with Crippen LogP contribution in [0.5, 0.6) is 5.75 Å². The highest BCUT2D eigenvalue weighted by molar-refractivity contribution is 5.88. The number of amides is 2. The molecule has 5 heteroatoms. The molecular weight excluding hydrogens is 232 g/mol. The van der Waals surface area contributed by atoms with Crippen molar-refractivity contribution in [1.29, 1.82) is 0 Å². The van der Waals surface area contributed by atoms with Crippen LogP contribution in [-0.2, 0) is 9.59 Å². The second-order valence-electron chi connectivity index (χ2n) is 4.18. The number of benzene rings is 1. The van der Waals surface area contributed by atoms with Gasteiger partial charge < -0.3 is 15.0 Å². The van der Waals surface area contributed by atoms with Gasteiger partial charge in [-0.15, -0.1) is 0 Å². The Morgan fingerprint density at radius 3 is 2.78 bits per heavy atom. The first-order valence-electron chi connectivity index (χ1n) is 5.94. The summed E-state index contributed by atoms with van der Waals surface area (Å²) in [7, 11) is 0. The molecule has 2 amide bonds. The predicted octanol–water partition coefficient (Wildman–Crippen LogP) is 0.412. The van der Waals surface area contributed by atoms with Crippen LogP contribution in [0.1, 0.15) is 6.92 Å². The van der Waals surface area contributed by atoms with E-state index in [9.17, 15) is 9.59 Å². The second kappa shape index (κ2) is 5.53.